The summed E-state index contributed by atoms with van der Waals surface area (Å²) in [5, 5.41) is 0.417. The van der Waals surface area contributed by atoms with Gasteiger partial charge in [-0.1, -0.05) is 11.6 Å². The first-order chi connectivity index (χ1) is 7.75. The lowest BCUT2D eigenvalue weighted by molar-refractivity contribution is 0.0734. The average Bonchev–Trinajstić information content (AvgIpc) is 2.30. The largest absolute Gasteiger partial charge is 0.421 e. The van der Waals surface area contributed by atoms with Crippen LogP contribution in [0.1, 0.15) is 10.4 Å². The smallest absolute Gasteiger partial charge is 0.343 e. The molecule has 0 atom stereocenters. The predicted molar refractivity (Wildman–Crippen MR) is 58.4 cm³/mol. The third kappa shape index (κ3) is 2.55. The van der Waals surface area contributed by atoms with Crippen molar-refractivity contribution in [1.29, 1.82) is 0 Å². The van der Waals surface area contributed by atoms with Crippen LogP contribution in [0.25, 0.3) is 0 Å². The molecule has 0 unspecified atom stereocenters. The summed E-state index contributed by atoms with van der Waals surface area (Å²) in [4.78, 5) is 19.2. The molecule has 80 valence electrons. The molecule has 0 aliphatic heterocycles. The molecule has 0 bridgehead atoms. The van der Waals surface area contributed by atoms with E-state index >= 15 is 0 Å². The molecular weight excluding hydrogens is 228 g/mol. The van der Waals surface area contributed by atoms with Crippen LogP contribution >= 0.6 is 11.6 Å². The van der Waals surface area contributed by atoms with Crippen LogP contribution < -0.4 is 4.74 Å². The molecular formula is C11H7ClN2O2. The SMILES string of the molecule is O=C(Oc1cncc(Cl)c1)c1ccncc1. The number of nitrogens with zero attached hydrogens (tertiary/aromatic N) is 2. The topological polar surface area (TPSA) is 52.1 Å². The molecule has 2 rings (SSSR count). The van der Waals surface area contributed by atoms with Crippen molar-refractivity contribution in [1.82, 2.24) is 9.97 Å². The summed E-state index contributed by atoms with van der Waals surface area (Å²) in [5.41, 5.74) is 0.426. The van der Waals surface area contributed by atoms with Crippen LogP contribution in [0, 0.1) is 0 Å². The minimum atomic E-state index is -0.466. The van der Waals surface area contributed by atoms with Crippen molar-refractivity contribution in [2.24, 2.45) is 0 Å². The Balaban J connectivity index is 2.14. The molecule has 16 heavy (non-hydrogen) atoms. The zero-order chi connectivity index (χ0) is 11.4. The number of rotatable bonds is 2. The summed E-state index contributed by atoms with van der Waals surface area (Å²) >= 11 is 5.71. The van der Waals surface area contributed by atoms with Gasteiger partial charge in [0.2, 0.25) is 0 Å². The van der Waals surface area contributed by atoms with E-state index in [1.165, 1.54) is 30.9 Å². The van der Waals surface area contributed by atoms with Crippen LogP contribution in [-0.2, 0) is 0 Å². The van der Waals surface area contributed by atoms with Crippen molar-refractivity contribution in [3.8, 4) is 5.75 Å². The van der Waals surface area contributed by atoms with Gasteiger partial charge in [0.25, 0.3) is 0 Å². The summed E-state index contributed by atoms with van der Waals surface area (Å²) in [7, 11) is 0. The number of hydrogen-bond donors (Lipinski definition) is 0. The summed E-state index contributed by atoms with van der Waals surface area (Å²) in [5.74, 6) is -0.152. The molecule has 0 fully saturated rings. The van der Waals surface area contributed by atoms with Gasteiger partial charge in [-0.15, -0.1) is 0 Å². The first kappa shape index (κ1) is 10.6. The molecule has 0 saturated carbocycles. The second-order valence-electron chi connectivity index (χ2n) is 2.96. The van der Waals surface area contributed by atoms with E-state index in [1.54, 1.807) is 12.1 Å². The van der Waals surface area contributed by atoms with E-state index in [9.17, 15) is 4.79 Å². The number of ether oxygens (including phenoxy) is 1. The van der Waals surface area contributed by atoms with Crippen LogP contribution in [0.2, 0.25) is 5.02 Å². The molecule has 0 radical (unpaired) electrons. The van der Waals surface area contributed by atoms with Gasteiger partial charge in [0.05, 0.1) is 16.8 Å². The predicted octanol–water partition coefficient (Wildman–Crippen LogP) is 2.35. The van der Waals surface area contributed by atoms with E-state index in [0.717, 1.165) is 0 Å². The molecule has 4 nitrogen and oxygen atoms in total. The lowest BCUT2D eigenvalue weighted by atomic mass is 10.3. The summed E-state index contributed by atoms with van der Waals surface area (Å²) < 4.78 is 5.07. The Morgan fingerprint density at radius 2 is 1.94 bits per heavy atom. The van der Waals surface area contributed by atoms with Gasteiger partial charge in [-0.2, -0.15) is 0 Å². The number of carbonyl (C=O) groups excluding carboxylic acids is 1. The van der Waals surface area contributed by atoms with Gasteiger partial charge in [-0.05, 0) is 12.1 Å². The van der Waals surface area contributed by atoms with Crippen LogP contribution in [0.4, 0.5) is 0 Å². The van der Waals surface area contributed by atoms with Crippen molar-refractivity contribution in [2.75, 3.05) is 0 Å². The second kappa shape index (κ2) is 4.72. The van der Waals surface area contributed by atoms with Gasteiger partial charge in [0.1, 0.15) is 0 Å². The van der Waals surface area contributed by atoms with Gasteiger partial charge in [-0.25, -0.2) is 4.79 Å². The van der Waals surface area contributed by atoms with Gasteiger partial charge >= 0.3 is 5.97 Å². The molecule has 2 aromatic heterocycles. The van der Waals surface area contributed by atoms with Crippen LogP contribution in [0.15, 0.2) is 43.0 Å². The van der Waals surface area contributed by atoms with E-state index in [4.69, 9.17) is 16.3 Å². The maximum absolute atomic E-state index is 11.6. The van der Waals surface area contributed by atoms with E-state index in [1.807, 2.05) is 0 Å². The van der Waals surface area contributed by atoms with Gasteiger partial charge in [0.15, 0.2) is 5.75 Å². The first-order valence-corrected chi connectivity index (χ1v) is 4.86. The fourth-order valence-corrected chi connectivity index (χ4v) is 1.27. The monoisotopic (exact) mass is 234 g/mol. The molecule has 2 aromatic rings. The minimum absolute atomic E-state index is 0.314. The average molecular weight is 235 g/mol. The molecule has 0 spiro atoms. The second-order valence-corrected chi connectivity index (χ2v) is 3.40. The van der Waals surface area contributed by atoms with E-state index in [-0.39, 0.29) is 0 Å². The number of hydrogen-bond acceptors (Lipinski definition) is 4. The van der Waals surface area contributed by atoms with E-state index in [2.05, 4.69) is 9.97 Å². The summed E-state index contributed by atoms with van der Waals surface area (Å²) in [6, 6.07) is 4.66. The standard InChI is InChI=1S/C11H7ClN2O2/c12-9-5-10(7-14-6-9)16-11(15)8-1-3-13-4-2-8/h1-7H. The molecule has 5 heteroatoms. The Bertz CT molecular complexity index is 502. The third-order valence-corrected chi connectivity index (χ3v) is 2.01. The lowest BCUT2D eigenvalue weighted by Crippen LogP contribution is -2.08. The third-order valence-electron chi connectivity index (χ3n) is 1.81. The summed E-state index contributed by atoms with van der Waals surface area (Å²) in [6.45, 7) is 0. The van der Waals surface area contributed by atoms with Crippen molar-refractivity contribution in [3.63, 3.8) is 0 Å². The molecule has 0 aliphatic carbocycles. The summed E-state index contributed by atoms with van der Waals surface area (Å²) in [6.07, 6.45) is 5.93. The van der Waals surface area contributed by atoms with Crippen molar-refractivity contribution >= 4 is 17.6 Å². The number of pyridine rings is 2. The number of esters is 1. The highest BCUT2D eigenvalue weighted by molar-refractivity contribution is 6.30. The number of aromatic nitrogens is 2. The van der Waals surface area contributed by atoms with Crippen molar-refractivity contribution in [3.05, 3.63) is 53.6 Å². The maximum atomic E-state index is 11.6. The van der Waals surface area contributed by atoms with E-state index in [0.29, 0.717) is 16.3 Å². The van der Waals surface area contributed by atoms with Crippen LogP contribution in [-0.4, -0.2) is 15.9 Å². The molecule has 0 amide bonds. The Hall–Kier alpha value is -1.94. The molecule has 2 heterocycles. The Morgan fingerprint density at radius 1 is 1.19 bits per heavy atom. The highest BCUT2D eigenvalue weighted by Gasteiger charge is 2.08. The normalized spacial score (nSPS) is 9.81. The maximum Gasteiger partial charge on any atom is 0.343 e. The van der Waals surface area contributed by atoms with Crippen molar-refractivity contribution in [2.45, 2.75) is 0 Å². The quantitative estimate of drug-likeness (QED) is 0.749. The Labute approximate surface area is 96.9 Å². The van der Waals surface area contributed by atoms with Gasteiger partial charge < -0.3 is 4.74 Å². The van der Waals surface area contributed by atoms with Gasteiger partial charge in [0, 0.05) is 24.7 Å². The highest BCUT2D eigenvalue weighted by atomic mass is 35.5. The Morgan fingerprint density at radius 3 is 2.62 bits per heavy atom. The van der Waals surface area contributed by atoms with Crippen LogP contribution in [0.5, 0.6) is 5.75 Å². The fraction of sp³-hybridized carbons (Fsp3) is 0. The fourth-order valence-electron chi connectivity index (χ4n) is 1.10. The molecule has 0 N–H and O–H groups in total. The number of carbonyl (C=O) groups is 1. The molecule has 0 saturated heterocycles. The van der Waals surface area contributed by atoms with Gasteiger partial charge in [-0.3, -0.25) is 9.97 Å². The van der Waals surface area contributed by atoms with Crippen molar-refractivity contribution < 1.29 is 9.53 Å². The lowest BCUT2D eigenvalue weighted by Gasteiger charge is -2.03. The zero-order valence-electron chi connectivity index (χ0n) is 8.13. The minimum Gasteiger partial charge on any atom is -0.421 e. The molecule has 0 aliphatic rings. The molecule has 0 aromatic carbocycles. The zero-order valence-corrected chi connectivity index (χ0v) is 8.89. The Kier molecular flexibility index (Phi) is 3.12. The number of halogens is 1. The van der Waals surface area contributed by atoms with E-state index < -0.39 is 5.97 Å². The highest BCUT2D eigenvalue weighted by Crippen LogP contribution is 2.16. The van der Waals surface area contributed by atoms with Crippen LogP contribution in [0.3, 0.4) is 0 Å². The first-order valence-electron chi connectivity index (χ1n) is 4.48.